The SMILES string of the molecule is Cc1ccccc1[As+]([I-]I)(c1ccccc1C)c1ccccc1C. The van der Waals surface area contributed by atoms with Crippen LogP contribution in [0.25, 0.3) is 0 Å². The zero-order valence-electron chi connectivity index (χ0n) is 14.1. The fourth-order valence-electron chi connectivity index (χ4n) is 3.22. The molecule has 0 unspecified atom stereocenters. The van der Waals surface area contributed by atoms with Gasteiger partial charge >= 0.3 is 167 Å². The van der Waals surface area contributed by atoms with Gasteiger partial charge in [0.2, 0.25) is 0 Å². The van der Waals surface area contributed by atoms with E-state index in [1.54, 1.807) is 13.1 Å². The second-order valence-electron chi connectivity index (χ2n) is 6.01. The molecule has 0 atom stereocenters. The van der Waals surface area contributed by atoms with Gasteiger partial charge in [-0.2, -0.15) is 0 Å². The van der Waals surface area contributed by atoms with Crippen molar-refractivity contribution in [1.82, 2.24) is 0 Å². The van der Waals surface area contributed by atoms with Crippen LogP contribution in [0.15, 0.2) is 72.8 Å². The summed E-state index contributed by atoms with van der Waals surface area (Å²) in [4.78, 5) is 0. The molecule has 3 heteroatoms. The van der Waals surface area contributed by atoms with Crippen molar-refractivity contribution in [1.29, 1.82) is 0 Å². The summed E-state index contributed by atoms with van der Waals surface area (Å²) in [7, 11) is -2.39. The quantitative estimate of drug-likeness (QED) is 0.310. The molecule has 0 radical (unpaired) electrons. The third-order valence-corrected chi connectivity index (χ3v) is 42.2. The zero-order valence-corrected chi connectivity index (χ0v) is 20.3. The van der Waals surface area contributed by atoms with Gasteiger partial charge in [-0.15, -0.1) is 0 Å². The molecule has 0 saturated heterocycles. The number of aryl methyl sites for hydroxylation is 3. The van der Waals surface area contributed by atoms with Crippen LogP contribution in [0.1, 0.15) is 16.7 Å². The van der Waals surface area contributed by atoms with Crippen LogP contribution < -0.4 is 27.8 Å². The maximum atomic E-state index is 2.75. The van der Waals surface area contributed by atoms with Gasteiger partial charge in [0.15, 0.2) is 0 Å². The molecule has 0 aliphatic heterocycles. The average Bonchev–Trinajstić information content (AvgIpc) is 2.60. The minimum absolute atomic E-state index is 0.0104. The van der Waals surface area contributed by atoms with Gasteiger partial charge in [0.05, 0.1) is 0 Å². The van der Waals surface area contributed by atoms with Gasteiger partial charge in [0, 0.05) is 0 Å². The molecule has 0 aliphatic rings. The number of benzene rings is 3. The van der Waals surface area contributed by atoms with Gasteiger partial charge in [-0.25, -0.2) is 0 Å². The summed E-state index contributed by atoms with van der Waals surface area (Å²) in [5, 5.41) is 0. The number of hydrogen-bond donors (Lipinski definition) is 0. The Morgan fingerprint density at radius 3 is 1.12 bits per heavy atom. The normalized spacial score (nSPS) is 11.7. The van der Waals surface area contributed by atoms with E-state index in [0.29, 0.717) is 0 Å². The van der Waals surface area contributed by atoms with Gasteiger partial charge in [-0.1, -0.05) is 0 Å². The van der Waals surface area contributed by atoms with E-state index in [0.717, 1.165) is 0 Å². The molecule has 0 amide bonds. The van der Waals surface area contributed by atoms with E-state index >= 15 is 0 Å². The van der Waals surface area contributed by atoms with Crippen LogP contribution in [0.3, 0.4) is 0 Å². The second kappa shape index (κ2) is 7.92. The molecule has 0 heterocycles. The van der Waals surface area contributed by atoms with Crippen molar-refractivity contribution in [3.8, 4) is 0 Å². The standard InChI is InChI=1S/C21H21AsI2/c1-16-10-4-7-13-19(16)22(24-23,20-14-8-5-11-17(20)2)21-15-9-6-12-18(21)3/h4-15H,1-3H3. The molecule has 0 aromatic heterocycles. The first-order valence-corrected chi connectivity index (χ1v) is 22.8. The van der Waals surface area contributed by atoms with Crippen molar-refractivity contribution in [2.45, 2.75) is 20.8 Å². The van der Waals surface area contributed by atoms with Crippen LogP contribution in [-0.2, 0) is 0 Å². The van der Waals surface area contributed by atoms with Crippen molar-refractivity contribution in [3.63, 3.8) is 0 Å². The summed E-state index contributed by atoms with van der Waals surface area (Å²) < 4.78 is 4.88. The Hall–Kier alpha value is -0.322. The molecule has 0 N–H and O–H groups in total. The third kappa shape index (κ3) is 3.22. The second-order valence-corrected chi connectivity index (χ2v) is 33.9. The molecule has 0 aliphatic carbocycles. The van der Waals surface area contributed by atoms with Gasteiger partial charge < -0.3 is 0 Å². The Balaban J connectivity index is 2.43. The Morgan fingerprint density at radius 2 is 0.875 bits per heavy atom. The first-order chi connectivity index (χ1) is 11.6. The van der Waals surface area contributed by atoms with Crippen molar-refractivity contribution in [2.75, 3.05) is 0 Å². The summed E-state index contributed by atoms with van der Waals surface area (Å²) in [6.07, 6.45) is 0. The molecule has 0 spiro atoms. The fourth-order valence-corrected chi connectivity index (χ4v) is 42.7. The summed E-state index contributed by atoms with van der Waals surface area (Å²) >= 11 is 2.76. The van der Waals surface area contributed by atoms with Crippen molar-refractivity contribution in [2.24, 2.45) is 0 Å². The Labute approximate surface area is 165 Å². The summed E-state index contributed by atoms with van der Waals surface area (Å²) in [5.41, 5.74) is 4.36. The molecular weight excluding hydrogens is 581 g/mol. The average molecular weight is 602 g/mol. The Morgan fingerprint density at radius 1 is 0.583 bits per heavy atom. The molecule has 3 aromatic rings. The maximum absolute atomic E-state index is 2.75. The summed E-state index contributed by atoms with van der Waals surface area (Å²) in [6, 6.07) is 27.3. The molecule has 3 rings (SSSR count). The van der Waals surface area contributed by atoms with Crippen LogP contribution >= 0.6 is 18.6 Å². The van der Waals surface area contributed by atoms with Gasteiger partial charge in [-0.05, 0) is 0 Å². The third-order valence-electron chi connectivity index (χ3n) is 4.44. The molecule has 24 heavy (non-hydrogen) atoms. The minimum atomic E-state index is -2.39. The molecule has 3 aromatic carbocycles. The van der Waals surface area contributed by atoms with Crippen molar-refractivity contribution < 1.29 is 14.8 Å². The summed E-state index contributed by atoms with van der Waals surface area (Å²) in [5.74, 6) is 0. The molecule has 0 bridgehead atoms. The Bertz CT molecular complexity index is 747. The van der Waals surface area contributed by atoms with Crippen LogP contribution in [0.2, 0.25) is 0 Å². The van der Waals surface area contributed by atoms with E-state index in [9.17, 15) is 0 Å². The first-order valence-electron chi connectivity index (χ1n) is 7.96. The monoisotopic (exact) mass is 602 g/mol. The van der Waals surface area contributed by atoms with Gasteiger partial charge in [0.1, 0.15) is 0 Å². The first kappa shape index (κ1) is 18.5. The molecule has 0 fully saturated rings. The van der Waals surface area contributed by atoms with E-state index < -0.39 is 10.2 Å². The van der Waals surface area contributed by atoms with Gasteiger partial charge in [0.25, 0.3) is 0 Å². The number of rotatable bonds is 4. The number of hydrogen-bond acceptors (Lipinski definition) is 0. The van der Waals surface area contributed by atoms with Crippen LogP contribution in [-0.4, -0.2) is 10.2 Å². The fraction of sp³-hybridized carbons (Fsp3) is 0.143. The predicted molar refractivity (Wildman–Crippen MR) is 112 cm³/mol. The van der Waals surface area contributed by atoms with Gasteiger partial charge in [-0.3, -0.25) is 0 Å². The molecule has 0 saturated carbocycles. The molecule has 124 valence electrons. The van der Waals surface area contributed by atoms with E-state index in [4.69, 9.17) is 0 Å². The van der Waals surface area contributed by atoms with E-state index in [-0.39, 0.29) is 14.8 Å². The summed E-state index contributed by atoms with van der Waals surface area (Å²) in [6.45, 7) is 6.87. The van der Waals surface area contributed by atoms with Crippen LogP contribution in [0.4, 0.5) is 0 Å². The van der Waals surface area contributed by atoms with Crippen molar-refractivity contribution >= 4 is 41.9 Å². The molecule has 0 nitrogen and oxygen atoms in total. The van der Waals surface area contributed by atoms with E-state index in [2.05, 4.69) is 112 Å². The van der Waals surface area contributed by atoms with Crippen LogP contribution in [0, 0.1) is 20.8 Å². The predicted octanol–water partition coefficient (Wildman–Crippen LogP) is 1.02. The van der Waals surface area contributed by atoms with E-state index in [1.807, 2.05) is 0 Å². The van der Waals surface area contributed by atoms with E-state index in [1.165, 1.54) is 16.7 Å². The topological polar surface area (TPSA) is 0 Å². The number of halogens is 2. The molecular formula is C21H21AsI2. The van der Waals surface area contributed by atoms with Crippen LogP contribution in [0.5, 0.6) is 0 Å². The zero-order chi connectivity index (χ0) is 17.2. The Kier molecular flexibility index (Phi) is 6.10. The van der Waals surface area contributed by atoms with Crippen molar-refractivity contribution in [3.05, 3.63) is 89.5 Å².